The van der Waals surface area contributed by atoms with Crippen molar-refractivity contribution < 1.29 is 18.1 Å². The van der Waals surface area contributed by atoms with Crippen molar-refractivity contribution in [3.8, 4) is 0 Å². The molecule has 0 saturated heterocycles. The van der Waals surface area contributed by atoms with E-state index in [0.29, 0.717) is 6.42 Å². The minimum absolute atomic E-state index is 0. The second-order valence-corrected chi connectivity index (χ2v) is 7.49. The van der Waals surface area contributed by atoms with Crippen LogP contribution in [0, 0.1) is 0 Å². The molecule has 0 aliphatic rings. The van der Waals surface area contributed by atoms with E-state index in [9.17, 15) is 13.0 Å². The van der Waals surface area contributed by atoms with Crippen LogP contribution in [0.25, 0.3) is 0 Å². The summed E-state index contributed by atoms with van der Waals surface area (Å²) in [6.45, 7) is 3.23. The van der Waals surface area contributed by atoms with E-state index in [1.165, 1.54) is 44.9 Å². The van der Waals surface area contributed by atoms with Crippen molar-refractivity contribution in [2.24, 2.45) is 0 Å². The van der Waals surface area contributed by atoms with Gasteiger partial charge in [0.1, 0.15) is 0 Å². The predicted octanol–water partition coefficient (Wildman–Crippen LogP) is 3.37. The third-order valence-corrected chi connectivity index (χ3v) is 4.08. The van der Waals surface area contributed by atoms with E-state index in [0.717, 1.165) is 19.4 Å². The van der Waals surface area contributed by atoms with E-state index in [2.05, 4.69) is 6.92 Å². The number of hydrogen-bond acceptors (Lipinski definition) is 5. The fourth-order valence-electron chi connectivity index (χ4n) is 1.97. The van der Waals surface area contributed by atoms with Gasteiger partial charge in [-0.25, -0.2) is 8.42 Å². The molecule has 0 spiro atoms. The van der Waals surface area contributed by atoms with Crippen LogP contribution in [0.3, 0.4) is 0 Å². The summed E-state index contributed by atoms with van der Waals surface area (Å²) in [6, 6.07) is 0. The lowest BCUT2D eigenvalue weighted by atomic mass is 10.1. The molecule has 0 bridgehead atoms. The van der Waals surface area contributed by atoms with Crippen molar-refractivity contribution in [3.05, 3.63) is 0 Å². The van der Waals surface area contributed by atoms with E-state index in [4.69, 9.17) is 5.11 Å². The van der Waals surface area contributed by atoms with Crippen LogP contribution in [0.4, 0.5) is 0 Å². The molecule has 7 heteroatoms. The first-order valence-corrected chi connectivity index (χ1v) is 10.1. The Labute approximate surface area is 144 Å². The zero-order valence-corrected chi connectivity index (χ0v) is 16.5. The average Bonchev–Trinajstić information content (AvgIpc) is 2.40. The van der Waals surface area contributed by atoms with Crippen molar-refractivity contribution in [2.75, 3.05) is 33.0 Å². The van der Waals surface area contributed by atoms with E-state index in [1.54, 1.807) is 0 Å². The zero-order chi connectivity index (χ0) is 17.3. The maximum absolute atomic E-state index is 10.3. The number of quaternary nitrogens is 1. The van der Waals surface area contributed by atoms with Gasteiger partial charge in [0.05, 0.1) is 16.7 Å². The lowest BCUT2D eigenvalue weighted by Gasteiger charge is -2.05. The maximum Gasteiger partial charge on any atom is 0.0945 e. The molecule has 0 saturated carbocycles. The Bertz CT molecular complexity index is 309. The molecule has 0 aromatic carbocycles. The Morgan fingerprint density at radius 2 is 1.26 bits per heavy atom. The van der Waals surface area contributed by atoms with Crippen LogP contribution >= 0.6 is 0 Å². The van der Waals surface area contributed by atoms with Gasteiger partial charge in [-0.05, 0) is 20.5 Å². The molecule has 0 radical (unpaired) electrons. The van der Waals surface area contributed by atoms with Crippen LogP contribution in [0.1, 0.15) is 71.1 Å². The highest BCUT2D eigenvalue weighted by molar-refractivity contribution is 7.85. The van der Waals surface area contributed by atoms with Gasteiger partial charge in [0.15, 0.2) is 0 Å². The molecule has 0 aromatic rings. The van der Waals surface area contributed by atoms with E-state index >= 15 is 0 Å². The van der Waals surface area contributed by atoms with E-state index < -0.39 is 10.1 Å². The summed E-state index contributed by atoms with van der Waals surface area (Å²) in [7, 11) is -0.128. The predicted molar refractivity (Wildman–Crippen MR) is 98.0 cm³/mol. The third kappa shape index (κ3) is 34.2. The van der Waals surface area contributed by atoms with Crippen molar-refractivity contribution in [1.82, 2.24) is 11.1 Å². The van der Waals surface area contributed by atoms with Crippen LogP contribution in [0.5, 0.6) is 0 Å². The first-order chi connectivity index (χ1) is 10.3. The molecule has 0 rings (SSSR count). The lowest BCUT2D eigenvalue weighted by molar-refractivity contribution is 0.243. The Hall–Kier alpha value is -0.210. The molecule has 23 heavy (non-hydrogen) atoms. The summed E-state index contributed by atoms with van der Waals surface area (Å²) in [6.07, 6.45) is 11.4. The molecule has 0 fully saturated rings. The van der Waals surface area contributed by atoms with Gasteiger partial charge in [0, 0.05) is 12.3 Å². The molecule has 0 aliphatic carbocycles. The fraction of sp³-hybridized carbons (Fsp3) is 1.00. The van der Waals surface area contributed by atoms with Crippen LogP contribution in [-0.2, 0) is 10.1 Å². The molecule has 6 nitrogen and oxygen atoms in total. The SMILES string of the molecule is CCCCCCCCCCCCS(=O)(=O)[O-].CN(C)CCO.[NH4+]. The van der Waals surface area contributed by atoms with Gasteiger partial charge in [0.25, 0.3) is 0 Å². The summed E-state index contributed by atoms with van der Waals surface area (Å²) < 4.78 is 30.9. The van der Waals surface area contributed by atoms with Gasteiger partial charge in [-0.1, -0.05) is 64.7 Å². The molecule has 0 atom stereocenters. The monoisotopic (exact) mass is 356 g/mol. The lowest BCUT2D eigenvalue weighted by Crippen LogP contribution is -2.15. The Morgan fingerprint density at radius 3 is 1.52 bits per heavy atom. The van der Waals surface area contributed by atoms with Gasteiger partial charge < -0.3 is 20.7 Å². The summed E-state index contributed by atoms with van der Waals surface area (Å²) in [5, 5.41) is 8.20. The molecule has 5 N–H and O–H groups in total. The normalized spacial score (nSPS) is 10.9. The standard InChI is InChI=1S/C12H26O3S.C4H11NO.H3N/c1-2-3-4-5-6-7-8-9-10-11-12-16(13,14)15;1-5(2)3-4-6;/h2-12H2,1H3,(H,13,14,15);6H,3-4H2,1-2H3;1H3. The van der Waals surface area contributed by atoms with Gasteiger partial charge in [-0.3, -0.25) is 0 Å². The second kappa shape index (κ2) is 19.8. The summed E-state index contributed by atoms with van der Waals surface area (Å²) >= 11 is 0. The van der Waals surface area contributed by atoms with Crippen LogP contribution in [0.15, 0.2) is 0 Å². The number of unbranched alkanes of at least 4 members (excludes halogenated alkanes) is 9. The zero-order valence-electron chi connectivity index (χ0n) is 15.7. The summed E-state index contributed by atoms with van der Waals surface area (Å²) in [4.78, 5) is 1.93. The van der Waals surface area contributed by atoms with Crippen molar-refractivity contribution in [1.29, 1.82) is 0 Å². The van der Waals surface area contributed by atoms with Gasteiger partial charge in [0.2, 0.25) is 0 Å². The van der Waals surface area contributed by atoms with Crippen LogP contribution in [0.2, 0.25) is 0 Å². The van der Waals surface area contributed by atoms with Crippen LogP contribution in [-0.4, -0.2) is 56.0 Å². The minimum atomic E-state index is -3.98. The molecule has 0 unspecified atom stereocenters. The quantitative estimate of drug-likeness (QED) is 0.387. The number of rotatable bonds is 13. The second-order valence-electron chi connectivity index (χ2n) is 5.97. The Kier molecular flexibility index (Phi) is 23.8. The molecule has 144 valence electrons. The smallest absolute Gasteiger partial charge is 0.0945 e. The number of aliphatic hydroxyl groups is 1. The summed E-state index contributed by atoms with van der Waals surface area (Å²) in [5.41, 5.74) is 0. The molecular formula is C16H40N2O4S. The van der Waals surface area contributed by atoms with E-state index in [1.807, 2.05) is 19.0 Å². The van der Waals surface area contributed by atoms with E-state index in [-0.39, 0.29) is 18.5 Å². The Balaban J connectivity index is -0.000000487. The largest absolute Gasteiger partial charge is 0.748 e. The minimum Gasteiger partial charge on any atom is -0.748 e. The van der Waals surface area contributed by atoms with Crippen molar-refractivity contribution in [3.63, 3.8) is 0 Å². The molecule has 0 aromatic heterocycles. The molecular weight excluding hydrogens is 316 g/mol. The molecule has 0 heterocycles. The highest BCUT2D eigenvalue weighted by Gasteiger charge is 1.96. The average molecular weight is 357 g/mol. The number of likely N-dealkylation sites (N-methyl/N-ethyl adjacent to an activating group) is 1. The topological polar surface area (TPSA) is 117 Å². The van der Waals surface area contributed by atoms with Gasteiger partial charge >= 0.3 is 0 Å². The van der Waals surface area contributed by atoms with Crippen molar-refractivity contribution >= 4 is 10.1 Å². The maximum atomic E-state index is 10.3. The van der Waals surface area contributed by atoms with Gasteiger partial charge in [-0.15, -0.1) is 0 Å². The highest BCUT2D eigenvalue weighted by Crippen LogP contribution is 2.10. The first kappa shape index (κ1) is 27.6. The fourth-order valence-corrected chi connectivity index (χ4v) is 2.52. The van der Waals surface area contributed by atoms with Gasteiger partial charge in [-0.2, -0.15) is 0 Å². The molecule has 0 aliphatic heterocycles. The number of nitrogens with zero attached hydrogens (tertiary/aromatic N) is 1. The third-order valence-electron chi connectivity index (χ3n) is 3.30. The number of aliphatic hydroxyl groups excluding tert-OH is 1. The van der Waals surface area contributed by atoms with Crippen molar-refractivity contribution in [2.45, 2.75) is 71.1 Å². The number of hydrogen-bond donors (Lipinski definition) is 2. The highest BCUT2D eigenvalue weighted by atomic mass is 32.2. The van der Waals surface area contributed by atoms with Crippen LogP contribution < -0.4 is 6.15 Å². The molecule has 0 amide bonds. The first-order valence-electron chi connectivity index (χ1n) is 8.52. The Morgan fingerprint density at radius 1 is 0.870 bits per heavy atom. The summed E-state index contributed by atoms with van der Waals surface area (Å²) in [5.74, 6) is -0.191.